The summed E-state index contributed by atoms with van der Waals surface area (Å²) in [7, 11) is 3.00. The number of pyridine rings is 1. The maximum Gasteiger partial charge on any atom is 0.347 e. The number of carboxylic acids is 1. The van der Waals surface area contributed by atoms with Gasteiger partial charge in [0.25, 0.3) is 5.56 Å². The smallest absolute Gasteiger partial charge is 0.347 e. The zero-order chi connectivity index (χ0) is 16.2. The van der Waals surface area contributed by atoms with Crippen molar-refractivity contribution in [2.75, 3.05) is 18.6 Å². The first-order valence-corrected chi connectivity index (χ1v) is 6.37. The molecular formula is C13H15ClN2O5. The number of carbonyl (C=O) groups excluding carboxylic acids is 1. The van der Waals surface area contributed by atoms with Gasteiger partial charge in [-0.05, 0) is 13.0 Å². The number of hydrogen-bond acceptors (Lipinski definition) is 5. The number of esters is 1. The fraction of sp³-hybridized carbons (Fsp3) is 0.308. The van der Waals surface area contributed by atoms with E-state index in [2.05, 4.69) is 4.74 Å². The summed E-state index contributed by atoms with van der Waals surface area (Å²) >= 11 is 5.81. The van der Waals surface area contributed by atoms with Gasteiger partial charge in [0.05, 0.1) is 6.61 Å². The number of carboxylic acid groups (broad SMARTS) is 1. The van der Waals surface area contributed by atoms with Gasteiger partial charge in [-0.1, -0.05) is 11.6 Å². The summed E-state index contributed by atoms with van der Waals surface area (Å²) in [6.07, 6.45) is 1.07. The largest absolute Gasteiger partial charge is 0.477 e. The van der Waals surface area contributed by atoms with Crippen LogP contribution in [0.15, 0.2) is 28.7 Å². The van der Waals surface area contributed by atoms with Gasteiger partial charge in [0.1, 0.15) is 5.82 Å². The molecule has 21 heavy (non-hydrogen) atoms. The molecule has 0 bridgehead atoms. The third kappa shape index (κ3) is 4.09. The van der Waals surface area contributed by atoms with Crippen molar-refractivity contribution < 1.29 is 19.4 Å². The molecule has 0 aliphatic rings. The lowest BCUT2D eigenvalue weighted by Crippen LogP contribution is -2.25. The molecule has 0 saturated heterocycles. The molecule has 0 aliphatic heterocycles. The lowest BCUT2D eigenvalue weighted by Gasteiger charge is -2.18. The number of aromatic nitrogens is 1. The molecule has 0 amide bonds. The number of hydrogen-bond donors (Lipinski definition) is 1. The minimum absolute atomic E-state index is 0.0584. The Kier molecular flexibility index (Phi) is 5.54. The zero-order valence-electron chi connectivity index (χ0n) is 11.8. The maximum atomic E-state index is 11.6. The Morgan fingerprint density at radius 3 is 2.62 bits per heavy atom. The summed E-state index contributed by atoms with van der Waals surface area (Å²) in [5.74, 6) is -2.05. The van der Waals surface area contributed by atoms with Gasteiger partial charge in [0, 0.05) is 31.4 Å². The first-order chi connectivity index (χ1) is 9.77. The van der Waals surface area contributed by atoms with Crippen LogP contribution in [0, 0.1) is 0 Å². The van der Waals surface area contributed by atoms with Gasteiger partial charge in [-0.15, -0.1) is 0 Å². The van der Waals surface area contributed by atoms with E-state index in [9.17, 15) is 14.4 Å². The first kappa shape index (κ1) is 16.8. The Morgan fingerprint density at radius 2 is 2.10 bits per heavy atom. The molecule has 0 spiro atoms. The Morgan fingerprint density at radius 1 is 1.48 bits per heavy atom. The molecule has 0 saturated carbocycles. The fourth-order valence-electron chi connectivity index (χ4n) is 1.59. The van der Waals surface area contributed by atoms with Crippen LogP contribution < -0.4 is 10.5 Å². The molecule has 1 rings (SSSR count). The maximum absolute atomic E-state index is 11.6. The summed E-state index contributed by atoms with van der Waals surface area (Å²) in [6.45, 7) is 1.63. The summed E-state index contributed by atoms with van der Waals surface area (Å²) in [5.41, 5.74) is -0.905. The SMILES string of the molecule is CCOC(=O)C(=CN(C)c1cc(Cl)cc(=O)n1C)C(=O)O. The molecule has 1 aromatic rings. The number of anilines is 1. The minimum atomic E-state index is -1.42. The molecule has 0 aliphatic carbocycles. The van der Waals surface area contributed by atoms with Crippen LogP contribution in [0.25, 0.3) is 0 Å². The predicted molar refractivity (Wildman–Crippen MR) is 77.4 cm³/mol. The van der Waals surface area contributed by atoms with Crippen LogP contribution >= 0.6 is 11.6 Å². The van der Waals surface area contributed by atoms with Crippen LogP contribution in [0.2, 0.25) is 5.02 Å². The Balaban J connectivity index is 3.26. The van der Waals surface area contributed by atoms with Gasteiger partial charge < -0.3 is 14.7 Å². The Bertz CT molecular complexity index is 650. The van der Waals surface area contributed by atoms with E-state index in [0.717, 1.165) is 6.20 Å². The molecule has 1 aromatic heterocycles. The summed E-state index contributed by atoms with van der Waals surface area (Å²) in [4.78, 5) is 35.6. The van der Waals surface area contributed by atoms with Crippen molar-refractivity contribution in [3.63, 3.8) is 0 Å². The van der Waals surface area contributed by atoms with Gasteiger partial charge in [-0.3, -0.25) is 9.36 Å². The quantitative estimate of drug-likeness (QED) is 0.377. The van der Waals surface area contributed by atoms with Crippen molar-refractivity contribution in [3.8, 4) is 0 Å². The van der Waals surface area contributed by atoms with Crippen molar-refractivity contribution in [3.05, 3.63) is 39.3 Å². The van der Waals surface area contributed by atoms with Gasteiger partial charge in [-0.2, -0.15) is 0 Å². The van der Waals surface area contributed by atoms with Crippen molar-refractivity contribution >= 4 is 29.4 Å². The third-order valence-corrected chi connectivity index (χ3v) is 2.83. The monoisotopic (exact) mass is 314 g/mol. The number of rotatable bonds is 5. The predicted octanol–water partition coefficient (Wildman–Crippen LogP) is 1.01. The van der Waals surface area contributed by atoms with Gasteiger partial charge in [0.15, 0.2) is 5.57 Å². The molecule has 0 atom stereocenters. The van der Waals surface area contributed by atoms with E-state index in [1.54, 1.807) is 6.92 Å². The van der Waals surface area contributed by atoms with Gasteiger partial charge >= 0.3 is 11.9 Å². The minimum Gasteiger partial charge on any atom is -0.477 e. The van der Waals surface area contributed by atoms with Crippen LogP contribution in [-0.4, -0.2) is 35.3 Å². The van der Waals surface area contributed by atoms with Gasteiger partial charge in [-0.25, -0.2) is 9.59 Å². The highest BCUT2D eigenvalue weighted by Gasteiger charge is 2.20. The lowest BCUT2D eigenvalue weighted by atomic mass is 10.3. The van der Waals surface area contributed by atoms with E-state index in [-0.39, 0.29) is 17.2 Å². The topological polar surface area (TPSA) is 88.8 Å². The van der Waals surface area contributed by atoms with E-state index in [1.807, 2.05) is 0 Å². The zero-order valence-corrected chi connectivity index (χ0v) is 12.5. The number of nitrogens with zero attached hydrogens (tertiary/aromatic N) is 2. The Hall–Kier alpha value is -2.28. The highest BCUT2D eigenvalue weighted by Crippen LogP contribution is 2.17. The normalized spacial score (nSPS) is 11.1. The van der Waals surface area contributed by atoms with E-state index < -0.39 is 17.5 Å². The first-order valence-electron chi connectivity index (χ1n) is 5.99. The molecule has 114 valence electrons. The van der Waals surface area contributed by atoms with Gasteiger partial charge in [0.2, 0.25) is 0 Å². The second kappa shape index (κ2) is 6.94. The summed E-state index contributed by atoms with van der Waals surface area (Å²) < 4.78 is 5.94. The third-order valence-electron chi connectivity index (χ3n) is 2.61. The van der Waals surface area contributed by atoms with Crippen LogP contribution in [0.4, 0.5) is 5.82 Å². The second-order valence-corrected chi connectivity index (χ2v) is 4.54. The number of carbonyl (C=O) groups is 2. The van der Waals surface area contributed by atoms with E-state index in [1.165, 1.54) is 35.7 Å². The fourth-order valence-corrected chi connectivity index (χ4v) is 1.78. The van der Waals surface area contributed by atoms with Crippen LogP contribution in [0.1, 0.15) is 6.92 Å². The summed E-state index contributed by atoms with van der Waals surface area (Å²) in [6, 6.07) is 2.70. The molecule has 0 radical (unpaired) electrons. The Labute approximate surface area is 126 Å². The standard InChI is InChI=1S/C13H15ClN2O5/c1-4-21-13(20)9(12(18)19)7-15(2)10-5-8(14)6-11(17)16(10)3/h5-7H,4H2,1-3H3,(H,18,19). The van der Waals surface area contributed by atoms with Crippen LogP contribution in [0.3, 0.4) is 0 Å². The van der Waals surface area contributed by atoms with Crippen molar-refractivity contribution in [2.45, 2.75) is 6.92 Å². The van der Waals surface area contributed by atoms with Crippen molar-refractivity contribution in [1.29, 1.82) is 0 Å². The number of ether oxygens (including phenoxy) is 1. The molecule has 1 heterocycles. The van der Waals surface area contributed by atoms with Crippen LogP contribution in [-0.2, 0) is 21.4 Å². The number of halogens is 1. The molecule has 0 fully saturated rings. The van der Waals surface area contributed by atoms with Crippen LogP contribution in [0.5, 0.6) is 0 Å². The molecule has 1 N–H and O–H groups in total. The van der Waals surface area contributed by atoms with Crippen molar-refractivity contribution in [2.24, 2.45) is 7.05 Å². The van der Waals surface area contributed by atoms with E-state index in [4.69, 9.17) is 16.7 Å². The van der Waals surface area contributed by atoms with E-state index in [0.29, 0.717) is 5.82 Å². The molecular weight excluding hydrogens is 300 g/mol. The molecule has 0 unspecified atom stereocenters. The highest BCUT2D eigenvalue weighted by molar-refractivity contribution is 6.30. The molecule has 0 aromatic carbocycles. The highest BCUT2D eigenvalue weighted by atomic mass is 35.5. The van der Waals surface area contributed by atoms with E-state index >= 15 is 0 Å². The lowest BCUT2D eigenvalue weighted by molar-refractivity contribution is -0.143. The second-order valence-electron chi connectivity index (χ2n) is 4.11. The molecule has 7 nitrogen and oxygen atoms in total. The van der Waals surface area contributed by atoms with Crippen molar-refractivity contribution in [1.82, 2.24) is 4.57 Å². The molecule has 8 heteroatoms. The average Bonchev–Trinajstić information content (AvgIpc) is 2.39. The average molecular weight is 315 g/mol. The summed E-state index contributed by atoms with van der Waals surface area (Å²) in [5, 5.41) is 9.26. The number of aliphatic carboxylic acids is 1.